The fraction of sp³-hybridized carbons (Fsp3) is 0.182. The summed E-state index contributed by atoms with van der Waals surface area (Å²) in [7, 11) is 0. The Morgan fingerprint density at radius 2 is 2.12 bits per heavy atom. The summed E-state index contributed by atoms with van der Waals surface area (Å²) in [6.45, 7) is 1.95. The van der Waals surface area contributed by atoms with Gasteiger partial charge in [-0.2, -0.15) is 0 Å². The van der Waals surface area contributed by atoms with E-state index in [1.165, 1.54) is 23.1 Å². The van der Waals surface area contributed by atoms with E-state index in [4.69, 9.17) is 0 Å². The van der Waals surface area contributed by atoms with Gasteiger partial charge in [0.1, 0.15) is 0 Å². The van der Waals surface area contributed by atoms with Gasteiger partial charge in [-0.3, -0.25) is 4.79 Å². The predicted octanol–water partition coefficient (Wildman–Crippen LogP) is 2.82. The van der Waals surface area contributed by atoms with Crippen LogP contribution in [0.3, 0.4) is 0 Å². The van der Waals surface area contributed by atoms with Crippen molar-refractivity contribution in [2.24, 2.45) is 0 Å². The second-order valence-corrected chi connectivity index (χ2v) is 5.38. The summed E-state index contributed by atoms with van der Waals surface area (Å²) in [6.07, 6.45) is 1.91. The number of nitrogens with zero attached hydrogens (tertiary/aromatic N) is 2. The molecule has 1 amide bonds. The number of hydrogen-bond donors (Lipinski definition) is 1. The second kappa shape index (κ2) is 5.29. The van der Waals surface area contributed by atoms with Crippen molar-refractivity contribution in [2.45, 2.75) is 11.3 Å². The van der Waals surface area contributed by atoms with Gasteiger partial charge in [0.15, 0.2) is 4.34 Å². The standard InChI is InChI=1S/C11H11N3OS2/c1-7-5-3-4-6-8(7)12-9(15)10-13-14-11(16-2)17-10/h3-6H,1-2H3,(H,12,15). The molecule has 0 aliphatic carbocycles. The van der Waals surface area contributed by atoms with Gasteiger partial charge in [-0.15, -0.1) is 10.2 Å². The number of anilines is 1. The van der Waals surface area contributed by atoms with Gasteiger partial charge >= 0.3 is 0 Å². The van der Waals surface area contributed by atoms with Gasteiger partial charge in [0.05, 0.1) is 0 Å². The maximum absolute atomic E-state index is 11.9. The maximum atomic E-state index is 11.9. The molecule has 4 nitrogen and oxygen atoms in total. The number of para-hydroxylation sites is 1. The molecule has 0 spiro atoms. The molecule has 17 heavy (non-hydrogen) atoms. The molecule has 2 aromatic rings. The quantitative estimate of drug-likeness (QED) is 0.867. The first-order valence-electron chi connectivity index (χ1n) is 4.95. The molecule has 0 saturated heterocycles. The average Bonchev–Trinajstić information content (AvgIpc) is 2.81. The molecule has 1 heterocycles. The van der Waals surface area contributed by atoms with E-state index in [9.17, 15) is 4.79 Å². The van der Waals surface area contributed by atoms with Crippen molar-refractivity contribution in [2.75, 3.05) is 11.6 Å². The number of aryl methyl sites for hydroxylation is 1. The zero-order valence-corrected chi connectivity index (χ0v) is 11.1. The van der Waals surface area contributed by atoms with Gasteiger partial charge in [-0.25, -0.2) is 0 Å². The van der Waals surface area contributed by atoms with Crippen molar-refractivity contribution in [3.63, 3.8) is 0 Å². The number of nitrogens with one attached hydrogen (secondary N) is 1. The summed E-state index contributed by atoms with van der Waals surface area (Å²) in [5.74, 6) is -0.211. The van der Waals surface area contributed by atoms with Crippen LogP contribution in [0.15, 0.2) is 28.6 Å². The fourth-order valence-corrected chi connectivity index (χ4v) is 2.44. The lowest BCUT2D eigenvalue weighted by atomic mass is 10.2. The molecule has 2 rings (SSSR count). The average molecular weight is 265 g/mol. The fourth-order valence-electron chi connectivity index (χ4n) is 1.27. The highest BCUT2D eigenvalue weighted by atomic mass is 32.2. The van der Waals surface area contributed by atoms with Crippen molar-refractivity contribution in [3.8, 4) is 0 Å². The first-order chi connectivity index (χ1) is 8.20. The molecule has 1 aromatic heterocycles. The third kappa shape index (κ3) is 2.83. The lowest BCUT2D eigenvalue weighted by Crippen LogP contribution is -2.12. The largest absolute Gasteiger partial charge is 0.320 e. The van der Waals surface area contributed by atoms with Gasteiger partial charge in [0, 0.05) is 5.69 Å². The number of carbonyl (C=O) groups is 1. The molecular weight excluding hydrogens is 254 g/mol. The van der Waals surface area contributed by atoms with E-state index in [0.29, 0.717) is 5.01 Å². The summed E-state index contributed by atoms with van der Waals surface area (Å²) in [5.41, 5.74) is 1.83. The maximum Gasteiger partial charge on any atom is 0.286 e. The number of benzene rings is 1. The Bertz CT molecular complexity index is 539. The second-order valence-electron chi connectivity index (χ2n) is 3.35. The Balaban J connectivity index is 2.14. The van der Waals surface area contributed by atoms with E-state index in [-0.39, 0.29) is 5.91 Å². The predicted molar refractivity (Wildman–Crippen MR) is 70.8 cm³/mol. The zero-order valence-electron chi connectivity index (χ0n) is 9.43. The SMILES string of the molecule is CSc1nnc(C(=O)Nc2ccccc2C)s1. The lowest BCUT2D eigenvalue weighted by Gasteiger charge is -2.05. The molecule has 0 bridgehead atoms. The monoisotopic (exact) mass is 265 g/mol. The smallest absolute Gasteiger partial charge is 0.286 e. The van der Waals surface area contributed by atoms with Crippen molar-refractivity contribution in [3.05, 3.63) is 34.8 Å². The molecule has 0 aliphatic rings. The third-order valence-electron chi connectivity index (χ3n) is 2.17. The first kappa shape index (κ1) is 12.1. The molecule has 88 valence electrons. The Morgan fingerprint density at radius 3 is 2.76 bits per heavy atom. The van der Waals surface area contributed by atoms with E-state index < -0.39 is 0 Å². The Hall–Kier alpha value is -1.40. The Labute approximate surface area is 107 Å². The van der Waals surface area contributed by atoms with Crippen LogP contribution in [-0.2, 0) is 0 Å². The summed E-state index contributed by atoms with van der Waals surface area (Å²) in [4.78, 5) is 11.9. The Kier molecular flexibility index (Phi) is 3.75. The summed E-state index contributed by atoms with van der Waals surface area (Å²) in [6, 6.07) is 7.63. The van der Waals surface area contributed by atoms with Crippen LogP contribution in [0.25, 0.3) is 0 Å². The van der Waals surface area contributed by atoms with Gasteiger partial charge < -0.3 is 5.32 Å². The lowest BCUT2D eigenvalue weighted by molar-refractivity contribution is 0.102. The van der Waals surface area contributed by atoms with Crippen LogP contribution in [0.2, 0.25) is 0 Å². The van der Waals surface area contributed by atoms with Crippen LogP contribution >= 0.6 is 23.1 Å². The van der Waals surface area contributed by atoms with Crippen molar-refractivity contribution >= 4 is 34.7 Å². The summed E-state index contributed by atoms with van der Waals surface area (Å²) in [5, 5.41) is 10.9. The zero-order chi connectivity index (χ0) is 12.3. The van der Waals surface area contributed by atoms with Crippen molar-refractivity contribution in [1.29, 1.82) is 0 Å². The molecular formula is C11H11N3OS2. The summed E-state index contributed by atoms with van der Waals surface area (Å²) >= 11 is 2.78. The van der Waals surface area contributed by atoms with Crippen molar-refractivity contribution < 1.29 is 4.79 Å². The minimum absolute atomic E-state index is 0.211. The minimum atomic E-state index is -0.211. The number of rotatable bonds is 3. The van der Waals surface area contributed by atoms with Crippen LogP contribution in [-0.4, -0.2) is 22.4 Å². The van der Waals surface area contributed by atoms with E-state index in [1.54, 1.807) is 0 Å². The van der Waals surface area contributed by atoms with Crippen LogP contribution in [0.1, 0.15) is 15.4 Å². The highest BCUT2D eigenvalue weighted by Gasteiger charge is 2.13. The number of carbonyl (C=O) groups excluding carboxylic acids is 1. The Morgan fingerprint density at radius 1 is 1.35 bits per heavy atom. The minimum Gasteiger partial charge on any atom is -0.320 e. The number of hydrogen-bond acceptors (Lipinski definition) is 5. The highest BCUT2D eigenvalue weighted by molar-refractivity contribution is 8.00. The first-order valence-corrected chi connectivity index (χ1v) is 6.99. The van der Waals surface area contributed by atoms with Crippen LogP contribution in [0.4, 0.5) is 5.69 Å². The van der Waals surface area contributed by atoms with Crippen molar-refractivity contribution in [1.82, 2.24) is 10.2 Å². The molecule has 0 radical (unpaired) electrons. The number of aromatic nitrogens is 2. The highest BCUT2D eigenvalue weighted by Crippen LogP contribution is 2.21. The van der Waals surface area contributed by atoms with Crippen LogP contribution < -0.4 is 5.32 Å². The van der Waals surface area contributed by atoms with E-state index in [1.807, 2.05) is 37.4 Å². The number of amides is 1. The van der Waals surface area contributed by atoms with E-state index in [2.05, 4.69) is 15.5 Å². The summed E-state index contributed by atoms with van der Waals surface area (Å²) < 4.78 is 0.792. The molecule has 0 fully saturated rings. The molecule has 0 aliphatic heterocycles. The van der Waals surface area contributed by atoms with Gasteiger partial charge in [0.2, 0.25) is 5.01 Å². The third-order valence-corrected chi connectivity index (χ3v) is 4.07. The molecule has 0 saturated carbocycles. The molecule has 0 atom stereocenters. The van der Waals surface area contributed by atoms with Crippen LogP contribution in [0.5, 0.6) is 0 Å². The molecule has 6 heteroatoms. The molecule has 1 aromatic carbocycles. The van der Waals surface area contributed by atoms with Gasteiger partial charge in [0.25, 0.3) is 5.91 Å². The normalized spacial score (nSPS) is 10.2. The number of thioether (sulfide) groups is 1. The van der Waals surface area contributed by atoms with Crippen LogP contribution in [0, 0.1) is 6.92 Å². The van der Waals surface area contributed by atoms with Gasteiger partial charge in [-0.05, 0) is 24.8 Å². The molecule has 1 N–H and O–H groups in total. The molecule has 0 unspecified atom stereocenters. The van der Waals surface area contributed by atoms with E-state index in [0.717, 1.165) is 15.6 Å². The topological polar surface area (TPSA) is 54.9 Å². The van der Waals surface area contributed by atoms with E-state index >= 15 is 0 Å². The van der Waals surface area contributed by atoms with Gasteiger partial charge in [-0.1, -0.05) is 41.3 Å².